The molecule has 3 rings (SSSR count). The molecule has 138 valence electrons. The first kappa shape index (κ1) is 18.9. The van der Waals surface area contributed by atoms with E-state index >= 15 is 0 Å². The minimum atomic E-state index is -0.0698. The van der Waals surface area contributed by atoms with Gasteiger partial charge < -0.3 is 4.74 Å². The molecule has 0 unspecified atom stereocenters. The third-order valence-corrected chi connectivity index (χ3v) is 5.30. The smallest absolute Gasteiger partial charge is 0.267 e. The van der Waals surface area contributed by atoms with Crippen LogP contribution in [0.3, 0.4) is 0 Å². The number of ether oxygens (including phenoxy) is 1. The summed E-state index contributed by atoms with van der Waals surface area (Å²) in [5, 5.41) is 0.612. The zero-order valence-corrected chi connectivity index (χ0v) is 16.4. The van der Waals surface area contributed by atoms with Gasteiger partial charge in [0.1, 0.15) is 5.75 Å². The summed E-state index contributed by atoms with van der Waals surface area (Å²) in [6.45, 7) is 8.02. The van der Waals surface area contributed by atoms with Gasteiger partial charge in [-0.25, -0.2) is 9.98 Å². The van der Waals surface area contributed by atoms with Gasteiger partial charge in [0.25, 0.3) is 5.91 Å². The summed E-state index contributed by atoms with van der Waals surface area (Å²) in [4.78, 5) is 24.3. The number of aryl methyl sites for hydroxylation is 1. The molecule has 0 atom stereocenters. The van der Waals surface area contributed by atoms with Crippen LogP contribution in [0.4, 0.5) is 5.82 Å². The molecule has 1 saturated heterocycles. The van der Waals surface area contributed by atoms with Gasteiger partial charge in [-0.2, -0.15) is 0 Å². The van der Waals surface area contributed by atoms with E-state index in [-0.39, 0.29) is 5.91 Å². The molecule has 2 heterocycles. The van der Waals surface area contributed by atoms with E-state index in [0.717, 1.165) is 22.6 Å². The van der Waals surface area contributed by atoms with Crippen LogP contribution in [0, 0.1) is 6.92 Å². The maximum atomic E-state index is 13.0. The lowest BCUT2D eigenvalue weighted by Crippen LogP contribution is -2.29. The number of amidine groups is 1. The van der Waals surface area contributed by atoms with Crippen molar-refractivity contribution in [1.29, 1.82) is 0 Å². The van der Waals surface area contributed by atoms with Crippen molar-refractivity contribution in [3.05, 3.63) is 71.3 Å². The molecule has 1 aliphatic heterocycles. The fourth-order valence-electron chi connectivity index (χ4n) is 2.67. The molecule has 0 saturated carbocycles. The standard InChI is InChI=1S/C21H21N3O2S/c1-5-13-24-20(25)19(15(3)16-9-11-17(26-4)12-10-16)27-21(24)23-18-8-6-7-14(2)22-18/h5-12H,1,13H2,2-4H3/b19-15-,23-21+. The average Bonchev–Trinajstić information content (AvgIpc) is 2.97. The third kappa shape index (κ3) is 4.11. The Morgan fingerprint density at radius 2 is 2.04 bits per heavy atom. The van der Waals surface area contributed by atoms with Crippen LogP contribution in [0.25, 0.3) is 5.57 Å². The fraction of sp³-hybridized carbons (Fsp3) is 0.190. The topological polar surface area (TPSA) is 54.8 Å². The van der Waals surface area contributed by atoms with Crippen molar-refractivity contribution in [3.63, 3.8) is 0 Å². The van der Waals surface area contributed by atoms with E-state index in [4.69, 9.17) is 4.74 Å². The van der Waals surface area contributed by atoms with Gasteiger partial charge in [-0.3, -0.25) is 9.69 Å². The Morgan fingerprint density at radius 3 is 2.67 bits per heavy atom. The van der Waals surface area contributed by atoms with Gasteiger partial charge in [-0.15, -0.1) is 6.58 Å². The molecule has 0 spiro atoms. The molecule has 1 fully saturated rings. The van der Waals surface area contributed by atoms with Gasteiger partial charge in [-0.1, -0.05) is 24.3 Å². The summed E-state index contributed by atoms with van der Waals surface area (Å²) in [7, 11) is 1.63. The molecular weight excluding hydrogens is 358 g/mol. The molecule has 1 aliphatic rings. The van der Waals surface area contributed by atoms with Crippen LogP contribution in [0.2, 0.25) is 0 Å². The lowest BCUT2D eigenvalue weighted by atomic mass is 10.1. The first-order valence-corrected chi connectivity index (χ1v) is 9.33. The van der Waals surface area contributed by atoms with Gasteiger partial charge >= 0.3 is 0 Å². The first-order chi connectivity index (χ1) is 13.0. The van der Waals surface area contributed by atoms with Crippen molar-refractivity contribution in [3.8, 4) is 5.75 Å². The highest BCUT2D eigenvalue weighted by atomic mass is 32.2. The monoisotopic (exact) mass is 379 g/mol. The zero-order valence-electron chi connectivity index (χ0n) is 15.6. The van der Waals surface area contributed by atoms with Crippen molar-refractivity contribution < 1.29 is 9.53 Å². The van der Waals surface area contributed by atoms with Crippen LogP contribution >= 0.6 is 11.8 Å². The van der Waals surface area contributed by atoms with E-state index in [1.807, 2.05) is 56.3 Å². The summed E-state index contributed by atoms with van der Waals surface area (Å²) in [6.07, 6.45) is 1.70. The number of aromatic nitrogens is 1. The van der Waals surface area contributed by atoms with Gasteiger partial charge in [0, 0.05) is 12.2 Å². The summed E-state index contributed by atoms with van der Waals surface area (Å²) in [5.41, 5.74) is 2.76. The Hall–Kier alpha value is -2.86. The zero-order chi connectivity index (χ0) is 19.4. The fourth-order valence-corrected chi connectivity index (χ4v) is 3.73. The molecule has 27 heavy (non-hydrogen) atoms. The van der Waals surface area contributed by atoms with Crippen molar-refractivity contribution in [2.45, 2.75) is 13.8 Å². The Kier molecular flexibility index (Phi) is 5.76. The van der Waals surface area contributed by atoms with Gasteiger partial charge in [-0.05, 0) is 61.0 Å². The Morgan fingerprint density at radius 1 is 1.30 bits per heavy atom. The summed E-state index contributed by atoms with van der Waals surface area (Å²) < 4.78 is 5.20. The number of methoxy groups -OCH3 is 1. The van der Waals surface area contributed by atoms with E-state index in [1.54, 1.807) is 18.1 Å². The van der Waals surface area contributed by atoms with Crippen molar-refractivity contribution in [2.75, 3.05) is 13.7 Å². The van der Waals surface area contributed by atoms with E-state index in [2.05, 4.69) is 16.6 Å². The maximum absolute atomic E-state index is 13.0. The van der Waals surface area contributed by atoms with Crippen molar-refractivity contribution >= 4 is 34.2 Å². The van der Waals surface area contributed by atoms with Crippen molar-refractivity contribution in [2.24, 2.45) is 4.99 Å². The maximum Gasteiger partial charge on any atom is 0.267 e. The van der Waals surface area contributed by atoms with Crippen LogP contribution in [0.5, 0.6) is 5.75 Å². The summed E-state index contributed by atoms with van der Waals surface area (Å²) in [6, 6.07) is 13.3. The minimum Gasteiger partial charge on any atom is -0.497 e. The van der Waals surface area contributed by atoms with Gasteiger partial charge in [0.05, 0.1) is 12.0 Å². The van der Waals surface area contributed by atoms with E-state index in [0.29, 0.717) is 22.4 Å². The predicted octanol–water partition coefficient (Wildman–Crippen LogP) is 4.58. The Labute approximate surface area is 163 Å². The number of thioether (sulfide) groups is 1. The van der Waals surface area contributed by atoms with Crippen LogP contribution in [0.15, 0.2) is 65.0 Å². The normalized spacial score (nSPS) is 17.4. The van der Waals surface area contributed by atoms with Crippen LogP contribution in [0.1, 0.15) is 18.2 Å². The van der Waals surface area contributed by atoms with Crippen molar-refractivity contribution in [1.82, 2.24) is 9.88 Å². The number of rotatable bonds is 5. The number of hydrogen-bond donors (Lipinski definition) is 0. The lowest BCUT2D eigenvalue weighted by Gasteiger charge is -2.12. The molecule has 1 amide bonds. The molecule has 1 aromatic heterocycles. The van der Waals surface area contributed by atoms with E-state index in [1.165, 1.54) is 11.8 Å². The third-order valence-electron chi connectivity index (χ3n) is 4.12. The number of hydrogen-bond acceptors (Lipinski definition) is 5. The van der Waals surface area contributed by atoms with Crippen LogP contribution in [-0.4, -0.2) is 34.6 Å². The molecule has 6 heteroatoms. The Bertz CT molecular complexity index is 933. The summed E-state index contributed by atoms with van der Waals surface area (Å²) >= 11 is 1.37. The number of carbonyl (C=O) groups is 1. The minimum absolute atomic E-state index is 0.0698. The number of allylic oxidation sites excluding steroid dienone is 1. The molecular formula is C21H21N3O2S. The molecule has 0 aliphatic carbocycles. The second-order valence-electron chi connectivity index (χ2n) is 6.02. The highest BCUT2D eigenvalue weighted by Crippen LogP contribution is 2.37. The Balaban J connectivity index is 1.99. The number of carbonyl (C=O) groups excluding carboxylic acids is 1. The second-order valence-corrected chi connectivity index (χ2v) is 7.00. The predicted molar refractivity (Wildman–Crippen MR) is 111 cm³/mol. The quantitative estimate of drug-likeness (QED) is 0.564. The number of amides is 1. The highest BCUT2D eigenvalue weighted by molar-refractivity contribution is 8.18. The summed E-state index contributed by atoms with van der Waals surface area (Å²) in [5.74, 6) is 1.30. The number of nitrogens with zero attached hydrogens (tertiary/aromatic N) is 3. The first-order valence-electron chi connectivity index (χ1n) is 8.51. The molecule has 0 bridgehead atoms. The molecule has 5 nitrogen and oxygen atoms in total. The number of benzene rings is 1. The SMILES string of the molecule is C=CCN1C(=O)/C(=C(\C)c2ccc(OC)cc2)S/C1=N/c1cccc(C)n1. The number of pyridine rings is 1. The van der Waals surface area contributed by atoms with E-state index < -0.39 is 0 Å². The molecule has 0 N–H and O–H groups in total. The average molecular weight is 379 g/mol. The molecule has 0 radical (unpaired) electrons. The highest BCUT2D eigenvalue weighted by Gasteiger charge is 2.34. The van der Waals surface area contributed by atoms with Crippen LogP contribution < -0.4 is 4.74 Å². The van der Waals surface area contributed by atoms with Gasteiger partial charge in [0.2, 0.25) is 0 Å². The molecule has 2 aromatic rings. The van der Waals surface area contributed by atoms with E-state index in [9.17, 15) is 4.79 Å². The lowest BCUT2D eigenvalue weighted by molar-refractivity contribution is -0.121. The number of aliphatic imine (C=N–C) groups is 1. The van der Waals surface area contributed by atoms with Gasteiger partial charge in [0.15, 0.2) is 11.0 Å². The second kappa shape index (κ2) is 8.22. The molecule has 1 aromatic carbocycles. The van der Waals surface area contributed by atoms with Crippen LogP contribution in [-0.2, 0) is 4.79 Å². The largest absolute Gasteiger partial charge is 0.497 e.